The molecule has 2 heterocycles. The maximum Gasteiger partial charge on any atom is 0.262 e. The number of hydrogen-bond donors (Lipinski definition) is 1. The number of imidazole rings is 1. The van der Waals surface area contributed by atoms with Crippen LogP contribution in [0.4, 0.5) is 13.2 Å². The molecule has 2 aromatic rings. The first kappa shape index (κ1) is 22.8. The van der Waals surface area contributed by atoms with Crippen LogP contribution in [-0.2, 0) is 17.1 Å². The summed E-state index contributed by atoms with van der Waals surface area (Å²) in [5.41, 5.74) is 0.699. The van der Waals surface area contributed by atoms with Crippen molar-refractivity contribution < 1.29 is 21.6 Å². The van der Waals surface area contributed by atoms with E-state index in [2.05, 4.69) is 10.3 Å². The SMILES string of the molecule is CCCCC(F)(F)CN[C@H]1CN(S(=O)(=O)c2cn(C)cn2)C[C@@H]1c1ccc(F)cc1. The van der Waals surface area contributed by atoms with Gasteiger partial charge in [0, 0.05) is 44.7 Å². The smallest absolute Gasteiger partial charge is 0.262 e. The van der Waals surface area contributed by atoms with Crippen molar-refractivity contribution in [2.75, 3.05) is 19.6 Å². The fraction of sp³-hybridized carbons (Fsp3) is 0.550. The number of nitrogens with zero attached hydrogens (tertiary/aromatic N) is 3. The second-order valence-corrected chi connectivity index (χ2v) is 9.69. The Kier molecular flexibility index (Phi) is 6.88. The van der Waals surface area contributed by atoms with Crippen molar-refractivity contribution in [1.82, 2.24) is 19.2 Å². The van der Waals surface area contributed by atoms with Crippen LogP contribution in [0.5, 0.6) is 0 Å². The number of halogens is 3. The largest absolute Gasteiger partial charge is 0.339 e. The summed E-state index contributed by atoms with van der Waals surface area (Å²) in [4.78, 5) is 3.93. The average molecular weight is 445 g/mol. The predicted octanol–water partition coefficient (Wildman–Crippen LogP) is 3.13. The van der Waals surface area contributed by atoms with Crippen LogP contribution in [0.3, 0.4) is 0 Å². The Morgan fingerprint density at radius 1 is 1.23 bits per heavy atom. The molecule has 1 N–H and O–H groups in total. The number of alkyl halides is 2. The summed E-state index contributed by atoms with van der Waals surface area (Å²) in [6.07, 6.45) is 3.67. The fourth-order valence-corrected chi connectivity index (χ4v) is 5.14. The van der Waals surface area contributed by atoms with Gasteiger partial charge >= 0.3 is 0 Å². The van der Waals surface area contributed by atoms with Gasteiger partial charge in [0.25, 0.3) is 15.9 Å². The van der Waals surface area contributed by atoms with Crippen LogP contribution in [-0.4, -0.2) is 53.9 Å². The molecule has 30 heavy (non-hydrogen) atoms. The third kappa shape index (κ3) is 5.22. The molecule has 1 saturated heterocycles. The Bertz CT molecular complexity index is 947. The third-order valence-corrected chi connectivity index (χ3v) is 7.11. The highest BCUT2D eigenvalue weighted by molar-refractivity contribution is 7.89. The van der Waals surface area contributed by atoms with Crippen molar-refractivity contribution in [3.8, 4) is 0 Å². The molecule has 1 aromatic carbocycles. The minimum Gasteiger partial charge on any atom is -0.339 e. The molecule has 1 aromatic heterocycles. The molecular formula is C20H27F3N4O2S. The van der Waals surface area contributed by atoms with Gasteiger partial charge < -0.3 is 9.88 Å². The van der Waals surface area contributed by atoms with Gasteiger partial charge in [0.2, 0.25) is 0 Å². The first-order valence-corrected chi connectivity index (χ1v) is 11.4. The third-order valence-electron chi connectivity index (χ3n) is 5.39. The zero-order valence-corrected chi connectivity index (χ0v) is 17.9. The van der Waals surface area contributed by atoms with Crippen LogP contribution >= 0.6 is 0 Å². The van der Waals surface area contributed by atoms with E-state index in [0.717, 1.165) is 0 Å². The summed E-state index contributed by atoms with van der Waals surface area (Å²) >= 11 is 0. The molecule has 0 bridgehead atoms. The first-order valence-electron chi connectivity index (χ1n) is 9.97. The minimum absolute atomic E-state index is 0.0325. The van der Waals surface area contributed by atoms with E-state index < -0.39 is 34.3 Å². The van der Waals surface area contributed by atoms with Gasteiger partial charge in [-0.2, -0.15) is 4.31 Å². The lowest BCUT2D eigenvalue weighted by Crippen LogP contribution is -2.43. The Labute approximate surface area is 175 Å². The molecule has 0 unspecified atom stereocenters. The Morgan fingerprint density at radius 3 is 2.53 bits per heavy atom. The van der Waals surface area contributed by atoms with Crippen molar-refractivity contribution in [1.29, 1.82) is 0 Å². The number of nitrogens with one attached hydrogen (secondary N) is 1. The number of aryl methyl sites for hydroxylation is 1. The molecule has 0 amide bonds. The maximum absolute atomic E-state index is 14.2. The lowest BCUT2D eigenvalue weighted by molar-refractivity contribution is -0.0107. The molecule has 1 aliphatic heterocycles. The van der Waals surface area contributed by atoms with Crippen molar-refractivity contribution >= 4 is 10.0 Å². The standard InChI is InChI=1S/C20H27F3N4O2S/c1-3-4-9-20(22,23)13-24-18-11-27(30(28,29)19-12-26(2)14-25-19)10-17(18)15-5-7-16(21)8-6-15/h5-8,12,14,17-18,24H,3-4,9-11,13H2,1-2H3/t17-,18+/m1/s1. The summed E-state index contributed by atoms with van der Waals surface area (Å²) in [6, 6.07) is 5.19. The molecule has 0 radical (unpaired) electrons. The lowest BCUT2D eigenvalue weighted by Gasteiger charge is -2.24. The van der Waals surface area contributed by atoms with Crippen molar-refractivity contribution in [3.63, 3.8) is 0 Å². The van der Waals surface area contributed by atoms with Crippen LogP contribution in [0.2, 0.25) is 0 Å². The number of hydrogen-bond acceptors (Lipinski definition) is 4. The monoisotopic (exact) mass is 444 g/mol. The van der Waals surface area contributed by atoms with Crippen LogP contribution in [0, 0.1) is 5.82 Å². The van der Waals surface area contributed by atoms with E-state index in [1.54, 1.807) is 19.2 Å². The van der Waals surface area contributed by atoms with Crippen LogP contribution in [0.1, 0.15) is 37.7 Å². The fourth-order valence-electron chi connectivity index (χ4n) is 3.68. The summed E-state index contributed by atoms with van der Waals surface area (Å²) in [5.74, 6) is -3.67. The van der Waals surface area contributed by atoms with Gasteiger partial charge in [0.15, 0.2) is 5.03 Å². The molecule has 0 saturated carbocycles. The second-order valence-electron chi connectivity index (χ2n) is 7.80. The highest BCUT2D eigenvalue weighted by Crippen LogP contribution is 2.32. The average Bonchev–Trinajstić information content (AvgIpc) is 3.33. The number of benzene rings is 1. The Morgan fingerprint density at radius 2 is 1.93 bits per heavy atom. The van der Waals surface area contributed by atoms with Gasteiger partial charge in [0.1, 0.15) is 5.82 Å². The summed E-state index contributed by atoms with van der Waals surface area (Å²) < 4.78 is 70.5. The van der Waals surface area contributed by atoms with Gasteiger partial charge in [-0.3, -0.25) is 0 Å². The molecule has 3 rings (SSSR count). The van der Waals surface area contributed by atoms with E-state index in [1.807, 2.05) is 6.92 Å². The zero-order valence-electron chi connectivity index (χ0n) is 17.1. The Balaban J connectivity index is 1.81. The lowest BCUT2D eigenvalue weighted by atomic mass is 9.94. The van der Waals surface area contributed by atoms with Crippen LogP contribution < -0.4 is 5.32 Å². The van der Waals surface area contributed by atoms with Crippen LogP contribution in [0.25, 0.3) is 0 Å². The van der Waals surface area contributed by atoms with Crippen LogP contribution in [0.15, 0.2) is 41.8 Å². The molecule has 0 spiro atoms. The maximum atomic E-state index is 14.2. The first-order chi connectivity index (χ1) is 14.1. The van der Waals surface area contributed by atoms with E-state index in [9.17, 15) is 21.6 Å². The molecular weight excluding hydrogens is 417 g/mol. The summed E-state index contributed by atoms with van der Waals surface area (Å²) in [5, 5.41) is 2.79. The van der Waals surface area contributed by atoms with Crippen molar-refractivity contribution in [3.05, 3.63) is 48.2 Å². The number of unbranched alkanes of at least 4 members (excludes halogenated alkanes) is 1. The van der Waals surface area contributed by atoms with E-state index in [4.69, 9.17) is 0 Å². The normalized spacial score (nSPS) is 20.7. The van der Waals surface area contributed by atoms with Gasteiger partial charge in [-0.1, -0.05) is 25.5 Å². The summed E-state index contributed by atoms with van der Waals surface area (Å²) in [6.45, 7) is 1.45. The quantitative estimate of drug-likeness (QED) is 0.645. The minimum atomic E-state index is -3.87. The van der Waals surface area contributed by atoms with E-state index in [0.29, 0.717) is 18.4 Å². The molecule has 10 heteroatoms. The molecule has 0 aliphatic carbocycles. The molecule has 1 fully saturated rings. The zero-order chi connectivity index (χ0) is 21.9. The molecule has 2 atom stereocenters. The molecule has 1 aliphatic rings. The van der Waals surface area contributed by atoms with Gasteiger partial charge in [0.05, 0.1) is 12.9 Å². The van der Waals surface area contributed by atoms with Crippen molar-refractivity contribution in [2.45, 2.75) is 49.1 Å². The second kappa shape index (κ2) is 9.07. The summed E-state index contributed by atoms with van der Waals surface area (Å²) in [7, 11) is -2.20. The Hall–Kier alpha value is -1.91. The molecule has 166 valence electrons. The predicted molar refractivity (Wildman–Crippen MR) is 107 cm³/mol. The topological polar surface area (TPSA) is 67.2 Å². The van der Waals surface area contributed by atoms with E-state index in [-0.39, 0.29) is 30.5 Å². The highest BCUT2D eigenvalue weighted by Gasteiger charge is 2.42. The number of sulfonamides is 1. The van der Waals surface area contributed by atoms with Gasteiger partial charge in [-0.05, 0) is 24.1 Å². The number of aromatic nitrogens is 2. The van der Waals surface area contributed by atoms with E-state index >= 15 is 0 Å². The van der Waals surface area contributed by atoms with Gasteiger partial charge in [-0.25, -0.2) is 26.6 Å². The molecule has 6 nitrogen and oxygen atoms in total. The number of rotatable bonds is 9. The highest BCUT2D eigenvalue weighted by atomic mass is 32.2. The van der Waals surface area contributed by atoms with Gasteiger partial charge in [-0.15, -0.1) is 0 Å². The van der Waals surface area contributed by atoms with Crippen molar-refractivity contribution in [2.24, 2.45) is 7.05 Å². The van der Waals surface area contributed by atoms with E-state index in [1.165, 1.54) is 33.5 Å².